The van der Waals surface area contributed by atoms with E-state index in [1.807, 2.05) is 38.2 Å². The van der Waals surface area contributed by atoms with Crippen LogP contribution >= 0.6 is 0 Å². The molecule has 0 aromatic heterocycles. The minimum absolute atomic E-state index is 0.248. The zero-order valence-corrected chi connectivity index (χ0v) is 17.4. The lowest BCUT2D eigenvalue weighted by molar-refractivity contribution is 0.329. The smallest absolute Gasteiger partial charge is 0.246 e. The third-order valence-corrected chi connectivity index (χ3v) is 6.82. The molecule has 1 heterocycles. The first-order chi connectivity index (χ1) is 13.5. The summed E-state index contributed by atoms with van der Waals surface area (Å²) in [5.41, 5.74) is 1.93. The summed E-state index contributed by atoms with van der Waals surface area (Å²) >= 11 is 0. The summed E-state index contributed by atoms with van der Waals surface area (Å²) in [7, 11) is -1.50. The maximum Gasteiger partial charge on any atom is 0.246 e. The van der Waals surface area contributed by atoms with Crippen LogP contribution in [-0.4, -0.2) is 52.6 Å². The van der Waals surface area contributed by atoms with Gasteiger partial charge in [-0.15, -0.1) is 0 Å². The maximum atomic E-state index is 13.1. The SMILES string of the molecule is CCOc1ccc(NCCN(C)c2ccccc2)cc1S(=O)(=O)N1CCCC1. The molecule has 3 rings (SSSR count). The van der Waals surface area contributed by atoms with E-state index < -0.39 is 10.0 Å². The number of para-hydroxylation sites is 1. The third-order valence-electron chi connectivity index (χ3n) is 4.90. The van der Waals surface area contributed by atoms with E-state index in [1.54, 1.807) is 16.4 Å². The normalized spacial score (nSPS) is 14.8. The van der Waals surface area contributed by atoms with Crippen LogP contribution in [0.3, 0.4) is 0 Å². The molecule has 1 aliphatic rings. The predicted octanol–water partition coefficient (Wildman–Crippen LogP) is 3.42. The molecule has 0 saturated carbocycles. The Morgan fingerprint density at radius 1 is 1.11 bits per heavy atom. The van der Waals surface area contributed by atoms with E-state index in [0.717, 1.165) is 30.8 Å². The molecule has 0 atom stereocenters. The van der Waals surface area contributed by atoms with Gasteiger partial charge in [0.1, 0.15) is 10.6 Å². The maximum absolute atomic E-state index is 13.1. The number of nitrogens with zero attached hydrogens (tertiary/aromatic N) is 2. The number of rotatable bonds is 9. The fourth-order valence-electron chi connectivity index (χ4n) is 3.34. The molecule has 2 aromatic carbocycles. The van der Waals surface area contributed by atoms with E-state index in [4.69, 9.17) is 4.74 Å². The molecule has 0 amide bonds. The molecule has 1 aliphatic heterocycles. The van der Waals surface area contributed by atoms with Crippen molar-refractivity contribution < 1.29 is 13.2 Å². The second-order valence-corrected chi connectivity index (χ2v) is 8.80. The number of nitrogens with one attached hydrogen (secondary N) is 1. The molecule has 0 spiro atoms. The summed E-state index contributed by atoms with van der Waals surface area (Å²) < 4.78 is 33.3. The molecule has 0 radical (unpaired) electrons. The molecule has 1 fully saturated rings. The number of hydrogen-bond acceptors (Lipinski definition) is 5. The molecular formula is C21H29N3O3S. The second-order valence-electron chi connectivity index (χ2n) is 6.89. The van der Waals surface area contributed by atoms with Crippen molar-refractivity contribution in [3.05, 3.63) is 48.5 Å². The molecule has 28 heavy (non-hydrogen) atoms. The largest absolute Gasteiger partial charge is 0.492 e. The van der Waals surface area contributed by atoms with Gasteiger partial charge in [-0.1, -0.05) is 18.2 Å². The molecular weight excluding hydrogens is 374 g/mol. The molecule has 1 saturated heterocycles. The van der Waals surface area contributed by atoms with Gasteiger partial charge in [0.05, 0.1) is 6.61 Å². The van der Waals surface area contributed by atoms with Crippen LogP contribution < -0.4 is 15.0 Å². The van der Waals surface area contributed by atoms with E-state index >= 15 is 0 Å². The highest BCUT2D eigenvalue weighted by molar-refractivity contribution is 7.89. The highest BCUT2D eigenvalue weighted by Gasteiger charge is 2.30. The lowest BCUT2D eigenvalue weighted by atomic mass is 10.3. The topological polar surface area (TPSA) is 61.9 Å². The summed E-state index contributed by atoms with van der Waals surface area (Å²) in [6, 6.07) is 15.5. The molecule has 0 aliphatic carbocycles. The average Bonchev–Trinajstić information content (AvgIpc) is 3.25. The molecule has 152 valence electrons. The third kappa shape index (κ3) is 4.77. The van der Waals surface area contributed by atoms with Crippen molar-refractivity contribution in [1.29, 1.82) is 0 Å². The van der Waals surface area contributed by atoms with Gasteiger partial charge in [-0.2, -0.15) is 4.31 Å². The van der Waals surface area contributed by atoms with Crippen molar-refractivity contribution in [2.75, 3.05) is 50.1 Å². The van der Waals surface area contributed by atoms with Crippen LogP contribution in [0.15, 0.2) is 53.4 Å². The van der Waals surface area contributed by atoms with Gasteiger partial charge in [-0.05, 0) is 50.1 Å². The van der Waals surface area contributed by atoms with Gasteiger partial charge >= 0.3 is 0 Å². The summed E-state index contributed by atoms with van der Waals surface area (Å²) in [5, 5.41) is 3.34. The summed E-state index contributed by atoms with van der Waals surface area (Å²) in [5.74, 6) is 0.418. The Balaban J connectivity index is 1.72. The number of hydrogen-bond donors (Lipinski definition) is 1. The van der Waals surface area contributed by atoms with Crippen LogP contribution in [0, 0.1) is 0 Å². The fraction of sp³-hybridized carbons (Fsp3) is 0.429. The van der Waals surface area contributed by atoms with Crippen LogP contribution in [0.5, 0.6) is 5.75 Å². The fourth-order valence-corrected chi connectivity index (χ4v) is 5.02. The average molecular weight is 404 g/mol. The Kier molecular flexibility index (Phi) is 6.80. The highest BCUT2D eigenvalue weighted by atomic mass is 32.2. The number of anilines is 2. The molecule has 7 heteroatoms. The monoisotopic (exact) mass is 403 g/mol. The second kappa shape index (κ2) is 9.30. The molecule has 2 aromatic rings. The van der Waals surface area contributed by atoms with Gasteiger partial charge in [0, 0.05) is 44.6 Å². The standard InChI is InChI=1S/C21H29N3O3S/c1-3-27-20-12-11-18(17-21(20)28(25,26)24-14-7-8-15-24)22-13-16-23(2)19-9-5-4-6-10-19/h4-6,9-12,17,22H,3,7-8,13-16H2,1-2H3. The predicted molar refractivity (Wildman–Crippen MR) is 114 cm³/mol. The van der Waals surface area contributed by atoms with Gasteiger partial charge in [-0.3, -0.25) is 0 Å². The van der Waals surface area contributed by atoms with Crippen LogP contribution in [0.1, 0.15) is 19.8 Å². The summed E-state index contributed by atoms with van der Waals surface area (Å²) in [4.78, 5) is 2.40. The molecule has 0 unspecified atom stereocenters. The van der Waals surface area contributed by atoms with Gasteiger partial charge in [0.2, 0.25) is 10.0 Å². The quantitative estimate of drug-likeness (QED) is 0.695. The van der Waals surface area contributed by atoms with E-state index in [9.17, 15) is 8.42 Å². The minimum Gasteiger partial charge on any atom is -0.492 e. The van der Waals surface area contributed by atoms with Gasteiger partial charge in [-0.25, -0.2) is 8.42 Å². The minimum atomic E-state index is -3.54. The molecule has 0 bridgehead atoms. The van der Waals surface area contributed by atoms with Crippen LogP contribution in [-0.2, 0) is 10.0 Å². The number of sulfonamides is 1. The first kappa shape index (κ1) is 20.5. The Morgan fingerprint density at radius 3 is 2.50 bits per heavy atom. The van der Waals surface area contributed by atoms with Crippen molar-refractivity contribution >= 4 is 21.4 Å². The van der Waals surface area contributed by atoms with Gasteiger partial charge < -0.3 is 15.0 Å². The zero-order valence-electron chi connectivity index (χ0n) is 16.6. The highest BCUT2D eigenvalue weighted by Crippen LogP contribution is 2.31. The molecule has 6 nitrogen and oxygen atoms in total. The van der Waals surface area contributed by atoms with Crippen molar-refractivity contribution in [1.82, 2.24) is 4.31 Å². The van der Waals surface area contributed by atoms with Crippen LogP contribution in [0.2, 0.25) is 0 Å². The summed E-state index contributed by atoms with van der Waals surface area (Å²) in [6.45, 7) is 4.93. The van der Waals surface area contributed by atoms with Crippen molar-refractivity contribution in [3.8, 4) is 5.75 Å². The Hall–Kier alpha value is -2.25. The summed E-state index contributed by atoms with van der Waals surface area (Å²) in [6.07, 6.45) is 1.82. The van der Waals surface area contributed by atoms with E-state index in [1.165, 1.54) is 0 Å². The van der Waals surface area contributed by atoms with Crippen molar-refractivity contribution in [3.63, 3.8) is 0 Å². The number of ether oxygens (including phenoxy) is 1. The van der Waals surface area contributed by atoms with Gasteiger partial charge in [0.15, 0.2) is 0 Å². The van der Waals surface area contributed by atoms with E-state index in [-0.39, 0.29) is 4.90 Å². The molecule has 1 N–H and O–H groups in total. The van der Waals surface area contributed by atoms with Crippen LogP contribution in [0.25, 0.3) is 0 Å². The number of benzene rings is 2. The Labute approximate surface area is 168 Å². The first-order valence-electron chi connectivity index (χ1n) is 9.79. The lowest BCUT2D eigenvalue weighted by Crippen LogP contribution is -2.28. The van der Waals surface area contributed by atoms with E-state index in [2.05, 4.69) is 22.3 Å². The van der Waals surface area contributed by atoms with Crippen molar-refractivity contribution in [2.24, 2.45) is 0 Å². The first-order valence-corrected chi connectivity index (χ1v) is 11.2. The lowest BCUT2D eigenvalue weighted by Gasteiger charge is -2.21. The zero-order chi connectivity index (χ0) is 20.0. The van der Waals surface area contributed by atoms with Crippen molar-refractivity contribution in [2.45, 2.75) is 24.7 Å². The number of likely N-dealkylation sites (N-methyl/N-ethyl adjacent to an activating group) is 1. The van der Waals surface area contributed by atoms with Crippen LogP contribution in [0.4, 0.5) is 11.4 Å². The van der Waals surface area contributed by atoms with Gasteiger partial charge in [0.25, 0.3) is 0 Å². The Morgan fingerprint density at radius 2 is 1.82 bits per heavy atom. The Bertz CT molecular complexity index is 866. The van der Waals surface area contributed by atoms with E-state index in [0.29, 0.717) is 32.0 Å².